The lowest BCUT2D eigenvalue weighted by Crippen LogP contribution is -2.06. The first-order chi connectivity index (χ1) is 7.80. The second kappa shape index (κ2) is 5.40. The predicted octanol–water partition coefficient (Wildman–Crippen LogP) is 3.77. The minimum absolute atomic E-state index is 0.0655. The van der Waals surface area contributed by atoms with E-state index < -0.39 is 17.7 Å². The van der Waals surface area contributed by atoms with Crippen molar-refractivity contribution in [2.75, 3.05) is 0 Å². The van der Waals surface area contributed by atoms with Crippen LogP contribution in [0.15, 0.2) is 18.2 Å². The summed E-state index contributed by atoms with van der Waals surface area (Å²) in [4.78, 5) is 10.3. The molecule has 17 heavy (non-hydrogen) atoms. The van der Waals surface area contributed by atoms with Gasteiger partial charge in [-0.05, 0) is 30.5 Å². The molecule has 1 N–H and O–H groups in total. The lowest BCUT2D eigenvalue weighted by Gasteiger charge is -2.10. The lowest BCUT2D eigenvalue weighted by atomic mass is 10.0. The molecule has 0 radical (unpaired) electrons. The van der Waals surface area contributed by atoms with Gasteiger partial charge in [-0.1, -0.05) is 17.7 Å². The molecule has 0 spiro atoms. The van der Waals surface area contributed by atoms with Gasteiger partial charge in [-0.15, -0.1) is 0 Å². The third kappa shape index (κ3) is 4.26. The van der Waals surface area contributed by atoms with E-state index >= 15 is 0 Å². The highest BCUT2D eigenvalue weighted by molar-refractivity contribution is 6.31. The molecule has 1 aromatic carbocycles. The largest absolute Gasteiger partial charge is 0.481 e. The Labute approximate surface area is 101 Å². The monoisotopic (exact) mass is 266 g/mol. The number of carbonyl (C=O) groups is 1. The summed E-state index contributed by atoms with van der Waals surface area (Å²) >= 11 is 5.45. The fourth-order valence-corrected chi connectivity index (χ4v) is 1.61. The topological polar surface area (TPSA) is 37.3 Å². The number of aryl methyl sites for hydroxylation is 1. The van der Waals surface area contributed by atoms with Crippen LogP contribution < -0.4 is 0 Å². The van der Waals surface area contributed by atoms with Gasteiger partial charge in [-0.2, -0.15) is 13.2 Å². The van der Waals surface area contributed by atoms with Gasteiger partial charge in [0.15, 0.2) is 0 Å². The van der Waals surface area contributed by atoms with Gasteiger partial charge in [0.2, 0.25) is 0 Å². The molecule has 6 heteroatoms. The molecule has 1 aromatic rings. The second-order valence-corrected chi connectivity index (χ2v) is 3.97. The molecule has 0 fully saturated rings. The van der Waals surface area contributed by atoms with Crippen LogP contribution in [-0.4, -0.2) is 11.1 Å². The number of hydrogen-bond donors (Lipinski definition) is 1. The van der Waals surface area contributed by atoms with Gasteiger partial charge in [0, 0.05) is 6.42 Å². The number of carboxylic acids is 1. The molecule has 0 saturated heterocycles. The first-order valence-corrected chi connectivity index (χ1v) is 5.26. The summed E-state index contributed by atoms with van der Waals surface area (Å²) in [6.45, 7) is 0. The fraction of sp³-hybridized carbons (Fsp3) is 0.364. The molecule has 1 rings (SSSR count). The van der Waals surface area contributed by atoms with Gasteiger partial charge >= 0.3 is 12.1 Å². The van der Waals surface area contributed by atoms with Crippen molar-refractivity contribution in [3.63, 3.8) is 0 Å². The first-order valence-electron chi connectivity index (χ1n) is 4.88. The van der Waals surface area contributed by atoms with Crippen molar-refractivity contribution >= 4 is 17.6 Å². The summed E-state index contributed by atoms with van der Waals surface area (Å²) in [6, 6.07) is 3.62. The minimum Gasteiger partial charge on any atom is -0.481 e. The molecule has 0 heterocycles. The zero-order valence-electron chi connectivity index (χ0n) is 8.72. The molecule has 0 aromatic heterocycles. The summed E-state index contributed by atoms with van der Waals surface area (Å²) < 4.78 is 37.5. The Morgan fingerprint density at radius 3 is 2.53 bits per heavy atom. The Kier molecular flexibility index (Phi) is 4.40. The molecule has 0 unspecified atom stereocenters. The van der Waals surface area contributed by atoms with E-state index in [2.05, 4.69) is 0 Å². The van der Waals surface area contributed by atoms with Crippen molar-refractivity contribution < 1.29 is 23.1 Å². The average Bonchev–Trinajstić information content (AvgIpc) is 2.18. The summed E-state index contributed by atoms with van der Waals surface area (Å²) in [5, 5.41) is 8.07. The van der Waals surface area contributed by atoms with Crippen LogP contribution in [0.2, 0.25) is 5.02 Å². The molecule has 0 bridgehead atoms. The van der Waals surface area contributed by atoms with Gasteiger partial charge in [0.1, 0.15) is 0 Å². The van der Waals surface area contributed by atoms with E-state index in [4.69, 9.17) is 16.7 Å². The van der Waals surface area contributed by atoms with Crippen LogP contribution in [0.3, 0.4) is 0 Å². The molecule has 0 aliphatic carbocycles. The number of aliphatic carboxylic acids is 1. The number of halogens is 4. The maximum Gasteiger partial charge on any atom is 0.417 e. The molecule has 0 amide bonds. The number of benzene rings is 1. The fourth-order valence-electron chi connectivity index (χ4n) is 1.39. The summed E-state index contributed by atoms with van der Waals surface area (Å²) in [6.07, 6.45) is -3.97. The zero-order chi connectivity index (χ0) is 13.1. The van der Waals surface area contributed by atoms with Crippen LogP contribution in [0.25, 0.3) is 0 Å². The number of rotatable bonds is 4. The Morgan fingerprint density at radius 2 is 2.00 bits per heavy atom. The van der Waals surface area contributed by atoms with Crippen molar-refractivity contribution in [2.45, 2.75) is 25.4 Å². The number of hydrogen-bond acceptors (Lipinski definition) is 1. The summed E-state index contributed by atoms with van der Waals surface area (Å²) in [7, 11) is 0. The molecule has 0 aliphatic heterocycles. The molecule has 0 saturated carbocycles. The molecular formula is C11H10ClF3O2. The normalized spacial score (nSPS) is 11.5. The molecular weight excluding hydrogens is 257 g/mol. The third-order valence-electron chi connectivity index (χ3n) is 2.19. The van der Waals surface area contributed by atoms with E-state index in [0.29, 0.717) is 12.0 Å². The maximum absolute atomic E-state index is 12.5. The minimum atomic E-state index is -4.49. The van der Waals surface area contributed by atoms with E-state index in [1.165, 1.54) is 12.1 Å². The standard InChI is InChI=1S/C11H10ClF3O2/c12-9-5-4-7(2-1-3-10(16)17)6-8(9)11(13,14)15/h4-6H,1-3H2,(H,16,17). The van der Waals surface area contributed by atoms with Crippen molar-refractivity contribution in [3.8, 4) is 0 Å². The highest BCUT2D eigenvalue weighted by Crippen LogP contribution is 2.35. The van der Waals surface area contributed by atoms with Crippen LogP contribution in [0.5, 0.6) is 0 Å². The summed E-state index contributed by atoms with van der Waals surface area (Å²) in [5.41, 5.74) is -0.449. The Balaban J connectivity index is 2.79. The SMILES string of the molecule is O=C(O)CCCc1ccc(Cl)c(C(F)(F)F)c1. The predicted molar refractivity (Wildman–Crippen MR) is 57.0 cm³/mol. The average molecular weight is 267 g/mol. The van der Waals surface area contributed by atoms with Crippen LogP contribution in [-0.2, 0) is 17.4 Å². The highest BCUT2D eigenvalue weighted by Gasteiger charge is 2.33. The molecule has 0 atom stereocenters. The Morgan fingerprint density at radius 1 is 1.35 bits per heavy atom. The van der Waals surface area contributed by atoms with E-state index in [1.807, 2.05) is 0 Å². The van der Waals surface area contributed by atoms with Gasteiger partial charge in [-0.25, -0.2) is 0 Å². The first kappa shape index (κ1) is 13.8. The van der Waals surface area contributed by atoms with Gasteiger partial charge in [0.25, 0.3) is 0 Å². The van der Waals surface area contributed by atoms with Gasteiger partial charge in [0.05, 0.1) is 10.6 Å². The maximum atomic E-state index is 12.5. The van der Waals surface area contributed by atoms with Crippen LogP contribution in [0.1, 0.15) is 24.0 Å². The quantitative estimate of drug-likeness (QED) is 0.901. The highest BCUT2D eigenvalue weighted by atomic mass is 35.5. The third-order valence-corrected chi connectivity index (χ3v) is 2.52. The summed E-state index contributed by atoms with van der Waals surface area (Å²) in [5.74, 6) is -0.963. The molecule has 0 aliphatic rings. The molecule has 2 nitrogen and oxygen atoms in total. The van der Waals surface area contributed by atoms with Crippen LogP contribution in [0.4, 0.5) is 13.2 Å². The van der Waals surface area contributed by atoms with Crippen molar-refractivity contribution in [1.29, 1.82) is 0 Å². The van der Waals surface area contributed by atoms with Crippen molar-refractivity contribution in [3.05, 3.63) is 34.3 Å². The number of carboxylic acid groups (broad SMARTS) is 1. The van der Waals surface area contributed by atoms with E-state index in [0.717, 1.165) is 6.07 Å². The Hall–Kier alpha value is -1.23. The zero-order valence-corrected chi connectivity index (χ0v) is 9.48. The Bertz CT molecular complexity index is 416. The van der Waals surface area contributed by atoms with Crippen LogP contribution >= 0.6 is 11.6 Å². The van der Waals surface area contributed by atoms with E-state index in [-0.39, 0.29) is 17.9 Å². The van der Waals surface area contributed by atoms with E-state index in [1.54, 1.807) is 0 Å². The van der Waals surface area contributed by atoms with Crippen molar-refractivity contribution in [1.82, 2.24) is 0 Å². The van der Waals surface area contributed by atoms with Gasteiger partial charge in [-0.3, -0.25) is 4.79 Å². The molecule has 94 valence electrons. The van der Waals surface area contributed by atoms with Crippen LogP contribution in [0, 0.1) is 0 Å². The smallest absolute Gasteiger partial charge is 0.417 e. The lowest BCUT2D eigenvalue weighted by molar-refractivity contribution is -0.138. The van der Waals surface area contributed by atoms with Crippen molar-refractivity contribution in [2.24, 2.45) is 0 Å². The van der Waals surface area contributed by atoms with Gasteiger partial charge < -0.3 is 5.11 Å². The number of alkyl halides is 3. The van der Waals surface area contributed by atoms with E-state index in [9.17, 15) is 18.0 Å². The second-order valence-electron chi connectivity index (χ2n) is 3.56.